The standard InChI is InChI=1S/C26H34ClFN6O2/c27-21-5-4-17(13-22(21)28)23(14-20-3-1-2-9-29-20)33-26(35)34-10-6-18-15-30-25(32-24(18)16-34)31-19-7-11-36-12-8-19/h4-5,13,15,19-20,23,29H,1-3,6-12,14,16H2,(H,33,35)(H,30,31,32)/t20-,23-/m1/s1. The second kappa shape index (κ2) is 11.7. The second-order valence-electron chi connectivity index (χ2n) is 9.93. The van der Waals surface area contributed by atoms with Crippen LogP contribution in [0.4, 0.5) is 15.1 Å². The van der Waals surface area contributed by atoms with Gasteiger partial charge in [-0.05, 0) is 68.3 Å². The van der Waals surface area contributed by atoms with E-state index in [1.807, 2.05) is 6.20 Å². The minimum Gasteiger partial charge on any atom is -0.381 e. The summed E-state index contributed by atoms with van der Waals surface area (Å²) in [5, 5.41) is 10.2. The molecular formula is C26H34ClFN6O2. The molecule has 2 saturated heterocycles. The smallest absolute Gasteiger partial charge is 0.318 e. The highest BCUT2D eigenvalue weighted by atomic mass is 35.5. The van der Waals surface area contributed by atoms with Gasteiger partial charge in [0.1, 0.15) is 5.82 Å². The molecule has 1 aromatic heterocycles. The predicted octanol–water partition coefficient (Wildman–Crippen LogP) is 4.20. The summed E-state index contributed by atoms with van der Waals surface area (Å²) in [6, 6.07) is 4.87. The van der Waals surface area contributed by atoms with Gasteiger partial charge < -0.3 is 25.6 Å². The number of nitrogens with zero attached hydrogens (tertiary/aromatic N) is 3. The van der Waals surface area contributed by atoms with E-state index >= 15 is 0 Å². The molecule has 0 saturated carbocycles. The molecule has 2 amide bonds. The second-order valence-corrected chi connectivity index (χ2v) is 10.3. The van der Waals surface area contributed by atoms with Crippen LogP contribution in [0.15, 0.2) is 24.4 Å². The highest BCUT2D eigenvalue weighted by Gasteiger charge is 2.27. The fraction of sp³-hybridized carbons (Fsp3) is 0.577. The van der Waals surface area contributed by atoms with Crippen molar-refractivity contribution in [2.45, 2.75) is 69.6 Å². The summed E-state index contributed by atoms with van der Waals surface area (Å²) in [5.74, 6) is 0.124. The zero-order valence-corrected chi connectivity index (χ0v) is 21.2. The minimum absolute atomic E-state index is 0.0807. The maximum absolute atomic E-state index is 14.3. The lowest BCUT2D eigenvalue weighted by molar-refractivity contribution is 0.0903. The number of fused-ring (bicyclic) bond motifs is 1. The maximum atomic E-state index is 14.3. The van der Waals surface area contributed by atoms with Gasteiger partial charge in [0.15, 0.2) is 0 Å². The number of carbonyl (C=O) groups is 1. The van der Waals surface area contributed by atoms with Gasteiger partial charge in [-0.3, -0.25) is 0 Å². The molecule has 0 radical (unpaired) electrons. The first-order chi connectivity index (χ1) is 17.5. The molecular weight excluding hydrogens is 483 g/mol. The average Bonchev–Trinajstić information content (AvgIpc) is 2.90. The first-order valence-electron chi connectivity index (χ1n) is 13.0. The van der Waals surface area contributed by atoms with Crippen molar-refractivity contribution in [1.82, 2.24) is 25.5 Å². The highest BCUT2D eigenvalue weighted by molar-refractivity contribution is 6.30. The van der Waals surface area contributed by atoms with Gasteiger partial charge in [0.2, 0.25) is 5.95 Å². The van der Waals surface area contributed by atoms with Gasteiger partial charge in [-0.15, -0.1) is 0 Å². The molecule has 2 fully saturated rings. The fourth-order valence-corrected chi connectivity index (χ4v) is 5.35. The lowest BCUT2D eigenvalue weighted by Gasteiger charge is -2.32. The van der Waals surface area contributed by atoms with Crippen LogP contribution in [0, 0.1) is 5.82 Å². The van der Waals surface area contributed by atoms with Gasteiger partial charge in [0.25, 0.3) is 0 Å². The van der Waals surface area contributed by atoms with E-state index in [-0.39, 0.29) is 23.1 Å². The van der Waals surface area contributed by atoms with E-state index in [4.69, 9.17) is 21.3 Å². The van der Waals surface area contributed by atoms with Crippen molar-refractivity contribution in [1.29, 1.82) is 0 Å². The van der Waals surface area contributed by atoms with Crippen LogP contribution in [0.25, 0.3) is 0 Å². The molecule has 36 heavy (non-hydrogen) atoms. The van der Waals surface area contributed by atoms with Crippen molar-refractivity contribution in [3.05, 3.63) is 52.1 Å². The van der Waals surface area contributed by atoms with Gasteiger partial charge in [0, 0.05) is 38.0 Å². The Hall–Kier alpha value is -2.49. The van der Waals surface area contributed by atoms with Crippen LogP contribution in [-0.2, 0) is 17.7 Å². The van der Waals surface area contributed by atoms with E-state index in [0.717, 1.165) is 68.7 Å². The monoisotopic (exact) mass is 516 g/mol. The van der Waals surface area contributed by atoms with E-state index in [2.05, 4.69) is 20.9 Å². The van der Waals surface area contributed by atoms with Crippen molar-refractivity contribution in [3.8, 4) is 0 Å². The van der Waals surface area contributed by atoms with E-state index in [1.54, 1.807) is 17.0 Å². The predicted molar refractivity (Wildman–Crippen MR) is 137 cm³/mol. The summed E-state index contributed by atoms with van der Waals surface area (Å²) in [6.07, 6.45) is 8.47. The number of urea groups is 1. The molecule has 1 aromatic carbocycles. The maximum Gasteiger partial charge on any atom is 0.318 e. The van der Waals surface area contributed by atoms with E-state index in [9.17, 15) is 9.18 Å². The number of ether oxygens (including phenoxy) is 1. The quantitative estimate of drug-likeness (QED) is 0.533. The third-order valence-electron chi connectivity index (χ3n) is 7.36. The molecule has 3 N–H and O–H groups in total. The number of benzene rings is 1. The van der Waals surface area contributed by atoms with Crippen molar-refractivity contribution >= 4 is 23.6 Å². The normalized spacial score (nSPS) is 21.5. The number of hydrogen-bond acceptors (Lipinski definition) is 6. The Balaban J connectivity index is 1.27. The number of aromatic nitrogens is 2. The lowest BCUT2D eigenvalue weighted by Crippen LogP contribution is -2.46. The number of rotatable bonds is 6. The average molecular weight is 517 g/mol. The topological polar surface area (TPSA) is 91.4 Å². The van der Waals surface area contributed by atoms with Crippen LogP contribution < -0.4 is 16.0 Å². The lowest BCUT2D eigenvalue weighted by atomic mass is 9.94. The minimum atomic E-state index is -0.474. The molecule has 2 atom stereocenters. The zero-order chi connectivity index (χ0) is 24.9. The van der Waals surface area contributed by atoms with E-state index in [1.165, 1.54) is 6.07 Å². The van der Waals surface area contributed by atoms with Crippen LogP contribution in [0.5, 0.6) is 0 Å². The van der Waals surface area contributed by atoms with Crippen LogP contribution in [-0.4, -0.2) is 59.3 Å². The number of carbonyl (C=O) groups excluding carboxylic acids is 1. The first-order valence-corrected chi connectivity index (χ1v) is 13.4. The Kier molecular flexibility index (Phi) is 8.19. The number of anilines is 1. The summed E-state index contributed by atoms with van der Waals surface area (Å²) in [4.78, 5) is 24.4. The molecule has 3 aliphatic heterocycles. The fourth-order valence-electron chi connectivity index (χ4n) is 5.23. The van der Waals surface area contributed by atoms with Crippen molar-refractivity contribution in [3.63, 3.8) is 0 Å². The van der Waals surface area contributed by atoms with Crippen molar-refractivity contribution < 1.29 is 13.9 Å². The highest BCUT2D eigenvalue weighted by Crippen LogP contribution is 2.27. The van der Waals surface area contributed by atoms with Gasteiger partial charge in [-0.1, -0.05) is 24.1 Å². The molecule has 3 aliphatic rings. The third kappa shape index (κ3) is 6.25. The molecule has 0 spiro atoms. The zero-order valence-electron chi connectivity index (χ0n) is 20.4. The SMILES string of the molecule is O=C(N[C@H](C[C@H]1CCCCN1)c1ccc(Cl)c(F)c1)N1CCc2cnc(NC3CCOCC3)nc2C1. The number of amides is 2. The Morgan fingerprint density at radius 2 is 2.14 bits per heavy atom. The van der Waals surface area contributed by atoms with Crippen LogP contribution in [0.1, 0.15) is 61.4 Å². The van der Waals surface area contributed by atoms with Crippen LogP contribution in [0.2, 0.25) is 5.02 Å². The number of nitrogens with one attached hydrogen (secondary N) is 3. The molecule has 2 aromatic rings. The summed E-state index contributed by atoms with van der Waals surface area (Å²) in [5.41, 5.74) is 2.66. The Morgan fingerprint density at radius 3 is 2.92 bits per heavy atom. The molecule has 5 rings (SSSR count). The Bertz CT molecular complexity index is 1060. The molecule has 0 aliphatic carbocycles. The number of piperidine rings is 1. The van der Waals surface area contributed by atoms with Crippen molar-refractivity contribution in [2.24, 2.45) is 0 Å². The first kappa shape index (κ1) is 25.2. The molecule has 8 nitrogen and oxygen atoms in total. The number of halogens is 2. The largest absolute Gasteiger partial charge is 0.381 e. The summed E-state index contributed by atoms with van der Waals surface area (Å²) >= 11 is 5.92. The van der Waals surface area contributed by atoms with Gasteiger partial charge in [-0.2, -0.15) is 0 Å². The third-order valence-corrected chi connectivity index (χ3v) is 7.67. The Morgan fingerprint density at radius 1 is 1.28 bits per heavy atom. The van der Waals surface area contributed by atoms with Crippen LogP contribution >= 0.6 is 11.6 Å². The molecule has 4 heterocycles. The number of hydrogen-bond donors (Lipinski definition) is 3. The molecule has 194 valence electrons. The summed E-state index contributed by atoms with van der Waals surface area (Å²) < 4.78 is 19.7. The Labute approximate surface area is 216 Å². The van der Waals surface area contributed by atoms with Crippen LogP contribution in [0.3, 0.4) is 0 Å². The molecule has 0 unspecified atom stereocenters. The van der Waals surface area contributed by atoms with Gasteiger partial charge >= 0.3 is 6.03 Å². The summed E-state index contributed by atoms with van der Waals surface area (Å²) in [6.45, 7) is 3.44. The van der Waals surface area contributed by atoms with E-state index < -0.39 is 5.82 Å². The summed E-state index contributed by atoms with van der Waals surface area (Å²) in [7, 11) is 0. The molecule has 0 bridgehead atoms. The molecule has 10 heteroatoms. The van der Waals surface area contributed by atoms with Gasteiger partial charge in [0.05, 0.1) is 23.3 Å². The van der Waals surface area contributed by atoms with Crippen molar-refractivity contribution in [2.75, 3.05) is 31.6 Å². The van der Waals surface area contributed by atoms with Gasteiger partial charge in [-0.25, -0.2) is 19.2 Å². The van der Waals surface area contributed by atoms with E-state index in [0.29, 0.717) is 37.9 Å².